The van der Waals surface area contributed by atoms with E-state index in [1.54, 1.807) is 16.8 Å². The van der Waals surface area contributed by atoms with Crippen LogP contribution in [0.3, 0.4) is 0 Å². The molecule has 1 aliphatic carbocycles. The van der Waals surface area contributed by atoms with Crippen molar-refractivity contribution >= 4 is 17.4 Å². The zero-order valence-corrected chi connectivity index (χ0v) is 12.3. The first-order valence-electron chi connectivity index (χ1n) is 6.74. The van der Waals surface area contributed by atoms with E-state index >= 15 is 0 Å². The zero-order valence-electron chi connectivity index (χ0n) is 11.5. The van der Waals surface area contributed by atoms with Crippen LogP contribution in [0.5, 0.6) is 0 Å². The molecule has 0 saturated heterocycles. The molecule has 0 atom stereocenters. The highest BCUT2D eigenvalue weighted by Crippen LogP contribution is 2.37. The van der Waals surface area contributed by atoms with Gasteiger partial charge in [-0.3, -0.25) is 10.0 Å². The Morgan fingerprint density at radius 1 is 1.24 bits per heavy atom. The van der Waals surface area contributed by atoms with Crippen molar-refractivity contribution in [2.45, 2.75) is 19.0 Å². The summed E-state index contributed by atoms with van der Waals surface area (Å²) in [5.41, 5.74) is 3.14. The summed E-state index contributed by atoms with van der Waals surface area (Å²) in [5, 5.41) is 4.68. The lowest BCUT2D eigenvalue weighted by molar-refractivity contribution is -0.137. The summed E-state index contributed by atoms with van der Waals surface area (Å²) in [5.74, 6) is 1.92. The lowest BCUT2D eigenvalue weighted by Gasteiger charge is -2.20. The highest BCUT2D eigenvalue weighted by atomic mass is 32.2. The number of hydrogen-bond acceptors (Lipinski definition) is 4. The van der Waals surface area contributed by atoms with Gasteiger partial charge in [0.25, 0.3) is 0 Å². The summed E-state index contributed by atoms with van der Waals surface area (Å²) in [6.45, 7) is 0. The predicted molar refractivity (Wildman–Crippen MR) is 78.1 cm³/mol. The second-order valence-electron chi connectivity index (χ2n) is 5.30. The number of rotatable bonds is 4. The number of alkyl halides is 3. The van der Waals surface area contributed by atoms with Crippen molar-refractivity contribution in [3.05, 3.63) is 41.1 Å². The maximum atomic E-state index is 12.6. The maximum Gasteiger partial charge on any atom is 0.416 e. The average molecular weight is 315 g/mol. The normalized spacial score (nSPS) is 19.1. The smallest absolute Gasteiger partial charge is 0.286 e. The SMILES string of the molecule is CN1NN(c2ccc(C(F)(F)F)cc2)C=C1SCC1CC1. The first-order valence-corrected chi connectivity index (χ1v) is 7.73. The molecule has 0 unspecified atom stereocenters. The van der Waals surface area contributed by atoms with Crippen LogP contribution in [-0.2, 0) is 6.18 Å². The molecule has 0 aromatic heterocycles. The minimum Gasteiger partial charge on any atom is -0.286 e. The molecule has 1 N–H and O–H groups in total. The van der Waals surface area contributed by atoms with Crippen LogP contribution >= 0.6 is 11.8 Å². The van der Waals surface area contributed by atoms with E-state index in [0.717, 1.165) is 28.8 Å². The Bertz CT molecular complexity index is 537. The van der Waals surface area contributed by atoms with E-state index in [0.29, 0.717) is 5.69 Å². The van der Waals surface area contributed by atoms with E-state index in [-0.39, 0.29) is 0 Å². The van der Waals surface area contributed by atoms with Crippen LogP contribution in [0.25, 0.3) is 0 Å². The lowest BCUT2D eigenvalue weighted by atomic mass is 10.2. The van der Waals surface area contributed by atoms with Gasteiger partial charge in [0.2, 0.25) is 0 Å². The molecule has 3 nitrogen and oxygen atoms in total. The number of halogens is 3. The molecule has 1 fully saturated rings. The third-order valence-electron chi connectivity index (χ3n) is 3.46. The van der Waals surface area contributed by atoms with Crippen molar-refractivity contribution in [1.29, 1.82) is 0 Å². The lowest BCUT2D eigenvalue weighted by Crippen LogP contribution is -2.37. The van der Waals surface area contributed by atoms with Crippen LogP contribution in [0, 0.1) is 5.92 Å². The largest absolute Gasteiger partial charge is 0.416 e. The van der Waals surface area contributed by atoms with E-state index in [9.17, 15) is 13.2 Å². The standard InChI is InChI=1S/C14H16F3N3S/c1-19-13(21-9-10-2-3-10)8-20(18-19)12-6-4-11(5-7-12)14(15,16)17/h4-8,10,18H,2-3,9H2,1H3. The molecule has 3 rings (SSSR count). The molecule has 1 aromatic rings. The Kier molecular flexibility index (Phi) is 3.79. The number of benzene rings is 1. The van der Waals surface area contributed by atoms with Crippen LogP contribution < -0.4 is 10.5 Å². The molecule has 2 aliphatic rings. The van der Waals surface area contributed by atoms with Crippen LogP contribution in [0.1, 0.15) is 18.4 Å². The van der Waals surface area contributed by atoms with Crippen molar-refractivity contribution in [1.82, 2.24) is 10.5 Å². The van der Waals surface area contributed by atoms with Crippen LogP contribution in [0.2, 0.25) is 0 Å². The third kappa shape index (κ3) is 3.47. The van der Waals surface area contributed by atoms with Crippen LogP contribution in [0.15, 0.2) is 35.5 Å². The third-order valence-corrected chi connectivity index (χ3v) is 4.78. The van der Waals surface area contributed by atoms with Gasteiger partial charge in [-0.05, 0) is 43.0 Å². The molecular weight excluding hydrogens is 299 g/mol. The minimum absolute atomic E-state index is 0.633. The molecule has 21 heavy (non-hydrogen) atoms. The van der Waals surface area contributed by atoms with Gasteiger partial charge < -0.3 is 0 Å². The van der Waals surface area contributed by atoms with Gasteiger partial charge >= 0.3 is 6.18 Å². The van der Waals surface area contributed by atoms with Crippen molar-refractivity contribution in [2.24, 2.45) is 5.92 Å². The van der Waals surface area contributed by atoms with E-state index in [1.165, 1.54) is 25.0 Å². The van der Waals surface area contributed by atoms with E-state index in [4.69, 9.17) is 0 Å². The zero-order chi connectivity index (χ0) is 15.0. The van der Waals surface area contributed by atoms with E-state index in [1.807, 2.05) is 18.3 Å². The number of anilines is 1. The molecule has 1 aromatic carbocycles. The minimum atomic E-state index is -4.30. The quantitative estimate of drug-likeness (QED) is 0.910. The Hall–Kier alpha value is -1.34. The van der Waals surface area contributed by atoms with E-state index in [2.05, 4.69) is 5.53 Å². The van der Waals surface area contributed by atoms with Gasteiger partial charge in [0.05, 0.1) is 17.5 Å². The Morgan fingerprint density at radius 3 is 2.48 bits per heavy atom. The van der Waals surface area contributed by atoms with Gasteiger partial charge in [0, 0.05) is 12.8 Å². The van der Waals surface area contributed by atoms with E-state index < -0.39 is 11.7 Å². The fraction of sp³-hybridized carbons (Fsp3) is 0.429. The van der Waals surface area contributed by atoms with Crippen LogP contribution in [0.4, 0.5) is 18.9 Å². The van der Waals surface area contributed by atoms with Gasteiger partial charge in [-0.1, -0.05) is 0 Å². The molecule has 1 saturated carbocycles. The second-order valence-corrected chi connectivity index (χ2v) is 6.34. The Morgan fingerprint density at radius 2 is 1.90 bits per heavy atom. The van der Waals surface area contributed by atoms with Gasteiger partial charge in [-0.15, -0.1) is 17.3 Å². The molecule has 1 aliphatic heterocycles. The molecule has 114 valence electrons. The van der Waals surface area contributed by atoms with Gasteiger partial charge in [0.15, 0.2) is 0 Å². The number of hydrogen-bond donors (Lipinski definition) is 1. The molecule has 0 amide bonds. The molecule has 0 radical (unpaired) electrons. The first kappa shape index (κ1) is 14.6. The van der Waals surface area contributed by atoms with Gasteiger partial charge in [-0.2, -0.15) is 13.2 Å². The molecule has 0 bridgehead atoms. The maximum absolute atomic E-state index is 12.6. The van der Waals surface area contributed by atoms with Gasteiger partial charge in [0.1, 0.15) is 5.03 Å². The number of thioether (sulfide) groups is 1. The Labute approximate surface area is 125 Å². The summed E-state index contributed by atoms with van der Waals surface area (Å²) in [6, 6.07) is 5.13. The number of nitrogens with one attached hydrogen (secondary N) is 1. The molecule has 1 heterocycles. The van der Waals surface area contributed by atoms with Crippen molar-refractivity contribution in [3.63, 3.8) is 0 Å². The van der Waals surface area contributed by atoms with Gasteiger partial charge in [-0.25, -0.2) is 0 Å². The summed E-state index contributed by atoms with van der Waals surface area (Å²) >= 11 is 1.77. The molecule has 7 heteroatoms. The summed E-state index contributed by atoms with van der Waals surface area (Å²) in [7, 11) is 1.90. The summed E-state index contributed by atoms with van der Waals surface area (Å²) in [6.07, 6.45) is 0.227. The van der Waals surface area contributed by atoms with Crippen LogP contribution in [-0.4, -0.2) is 17.8 Å². The fourth-order valence-corrected chi connectivity index (χ4v) is 3.16. The monoisotopic (exact) mass is 315 g/mol. The average Bonchev–Trinajstić information content (AvgIpc) is 3.19. The summed E-state index contributed by atoms with van der Waals surface area (Å²) < 4.78 is 37.7. The number of nitrogens with zero attached hydrogens (tertiary/aromatic N) is 2. The number of hydrazine groups is 2. The van der Waals surface area contributed by atoms with Crippen molar-refractivity contribution < 1.29 is 13.2 Å². The van der Waals surface area contributed by atoms with Crippen molar-refractivity contribution in [3.8, 4) is 0 Å². The highest BCUT2D eigenvalue weighted by Gasteiger charge is 2.30. The summed E-state index contributed by atoms with van der Waals surface area (Å²) in [4.78, 5) is 0. The molecule has 0 spiro atoms. The predicted octanol–water partition coefficient (Wildman–Crippen LogP) is 3.82. The fourth-order valence-electron chi connectivity index (χ4n) is 2.00. The second kappa shape index (κ2) is 5.46. The highest BCUT2D eigenvalue weighted by molar-refractivity contribution is 8.03. The Balaban J connectivity index is 1.68. The first-order chi connectivity index (χ1) is 9.93. The van der Waals surface area contributed by atoms with Crippen molar-refractivity contribution in [2.75, 3.05) is 17.8 Å². The topological polar surface area (TPSA) is 18.5 Å². The molecular formula is C14H16F3N3S.